The SMILES string of the molecule is O=C1CCC2(C(=O)OCc3ccc(-n4cccn4)cc3)N1c1ccccc1C(=O)N2C1CC1. The number of aromatic nitrogens is 2. The Balaban J connectivity index is 1.31. The molecule has 8 nitrogen and oxygen atoms in total. The highest BCUT2D eigenvalue weighted by Gasteiger charge is 2.64. The van der Waals surface area contributed by atoms with Crippen molar-refractivity contribution in [2.24, 2.45) is 0 Å². The lowest BCUT2D eigenvalue weighted by Crippen LogP contribution is -2.69. The van der Waals surface area contributed by atoms with Gasteiger partial charge in [-0.25, -0.2) is 9.48 Å². The molecule has 3 aliphatic rings. The number of anilines is 1. The van der Waals surface area contributed by atoms with Gasteiger partial charge in [0.05, 0.1) is 16.9 Å². The first-order valence-electron chi connectivity index (χ1n) is 11.1. The second kappa shape index (κ2) is 7.30. The van der Waals surface area contributed by atoms with Crippen LogP contribution in [0.25, 0.3) is 5.69 Å². The van der Waals surface area contributed by atoms with Crippen LogP contribution in [0, 0.1) is 0 Å². The van der Waals surface area contributed by atoms with E-state index in [1.807, 2.05) is 36.5 Å². The van der Waals surface area contributed by atoms with Crippen LogP contribution in [0.1, 0.15) is 41.6 Å². The zero-order valence-electron chi connectivity index (χ0n) is 17.9. The van der Waals surface area contributed by atoms with E-state index in [0.717, 1.165) is 24.1 Å². The Bertz CT molecular complexity index is 1250. The molecule has 0 N–H and O–H groups in total. The predicted octanol–water partition coefficient (Wildman–Crippen LogP) is 3.06. The Morgan fingerprint density at radius 3 is 2.58 bits per heavy atom. The Labute approximate surface area is 190 Å². The summed E-state index contributed by atoms with van der Waals surface area (Å²) in [6.07, 6.45) is 5.63. The van der Waals surface area contributed by atoms with E-state index in [4.69, 9.17) is 4.74 Å². The smallest absolute Gasteiger partial charge is 0.354 e. The molecule has 3 heterocycles. The number of ether oxygens (including phenoxy) is 1. The van der Waals surface area contributed by atoms with Crippen LogP contribution in [-0.4, -0.2) is 44.2 Å². The van der Waals surface area contributed by atoms with Crippen molar-refractivity contribution in [1.29, 1.82) is 0 Å². The molecule has 2 aliphatic heterocycles. The maximum Gasteiger partial charge on any atom is 0.354 e. The molecule has 2 amide bonds. The number of carbonyl (C=O) groups excluding carboxylic acids is 3. The normalized spacial score (nSPS) is 21.7. The van der Waals surface area contributed by atoms with Crippen molar-refractivity contribution in [3.63, 3.8) is 0 Å². The number of para-hydroxylation sites is 1. The lowest BCUT2D eigenvalue weighted by molar-refractivity contribution is -0.159. The van der Waals surface area contributed by atoms with Crippen LogP contribution in [0.3, 0.4) is 0 Å². The number of fused-ring (bicyclic) bond motifs is 3. The van der Waals surface area contributed by atoms with Crippen LogP contribution >= 0.6 is 0 Å². The predicted molar refractivity (Wildman–Crippen MR) is 118 cm³/mol. The molecule has 6 rings (SSSR count). The van der Waals surface area contributed by atoms with Gasteiger partial charge in [0.25, 0.3) is 5.91 Å². The van der Waals surface area contributed by atoms with E-state index in [1.165, 1.54) is 4.90 Å². The van der Waals surface area contributed by atoms with Crippen molar-refractivity contribution in [2.75, 3.05) is 4.90 Å². The molecule has 33 heavy (non-hydrogen) atoms. The van der Waals surface area contributed by atoms with Crippen molar-refractivity contribution < 1.29 is 19.1 Å². The second-order valence-corrected chi connectivity index (χ2v) is 8.66. The molecule has 1 atom stereocenters. The minimum atomic E-state index is -1.42. The van der Waals surface area contributed by atoms with E-state index in [2.05, 4.69) is 5.10 Å². The number of nitrogens with zero attached hydrogens (tertiary/aromatic N) is 4. The number of hydrogen-bond acceptors (Lipinski definition) is 5. The summed E-state index contributed by atoms with van der Waals surface area (Å²) in [5.41, 5.74) is 1.24. The zero-order chi connectivity index (χ0) is 22.6. The second-order valence-electron chi connectivity index (χ2n) is 8.66. The van der Waals surface area contributed by atoms with Crippen molar-refractivity contribution in [3.8, 4) is 5.69 Å². The number of benzene rings is 2. The van der Waals surface area contributed by atoms with Gasteiger partial charge in [0, 0.05) is 31.3 Å². The summed E-state index contributed by atoms with van der Waals surface area (Å²) < 4.78 is 7.52. The summed E-state index contributed by atoms with van der Waals surface area (Å²) in [5.74, 6) is -0.931. The molecule has 166 valence electrons. The summed E-state index contributed by atoms with van der Waals surface area (Å²) in [6, 6.07) is 16.3. The highest BCUT2D eigenvalue weighted by molar-refractivity contribution is 6.15. The fourth-order valence-electron chi connectivity index (χ4n) is 4.94. The maximum atomic E-state index is 13.6. The van der Waals surface area contributed by atoms with Crippen molar-refractivity contribution in [1.82, 2.24) is 14.7 Å². The molecular weight excluding hydrogens is 420 g/mol. The molecule has 1 saturated carbocycles. The Morgan fingerprint density at radius 2 is 1.85 bits per heavy atom. The molecule has 0 radical (unpaired) electrons. The van der Waals surface area contributed by atoms with Crippen molar-refractivity contribution >= 4 is 23.5 Å². The third-order valence-electron chi connectivity index (χ3n) is 6.61. The number of carbonyl (C=O) groups is 3. The number of amides is 2. The van der Waals surface area contributed by atoms with Crippen LogP contribution in [-0.2, 0) is 20.9 Å². The van der Waals surface area contributed by atoms with Crippen LogP contribution in [0.15, 0.2) is 67.0 Å². The van der Waals surface area contributed by atoms with Crippen molar-refractivity contribution in [2.45, 2.75) is 44.0 Å². The molecule has 1 saturated heterocycles. The third-order valence-corrected chi connectivity index (χ3v) is 6.61. The number of hydrogen-bond donors (Lipinski definition) is 0. The Kier molecular flexibility index (Phi) is 4.36. The van der Waals surface area contributed by atoms with Gasteiger partial charge in [-0.1, -0.05) is 24.3 Å². The Morgan fingerprint density at radius 1 is 1.06 bits per heavy atom. The van der Waals surface area contributed by atoms with E-state index >= 15 is 0 Å². The first-order chi connectivity index (χ1) is 16.1. The van der Waals surface area contributed by atoms with Gasteiger partial charge in [-0.15, -0.1) is 0 Å². The van der Waals surface area contributed by atoms with E-state index in [-0.39, 0.29) is 37.3 Å². The average Bonchev–Trinajstić information content (AvgIpc) is 3.38. The molecule has 0 bridgehead atoms. The van der Waals surface area contributed by atoms with Gasteiger partial charge < -0.3 is 9.64 Å². The van der Waals surface area contributed by atoms with E-state index in [9.17, 15) is 14.4 Å². The molecule has 1 aliphatic carbocycles. The quantitative estimate of drug-likeness (QED) is 0.567. The van der Waals surface area contributed by atoms with Gasteiger partial charge in [-0.3, -0.25) is 14.5 Å². The molecule has 1 aromatic heterocycles. The standard InChI is InChI=1S/C25H22N4O4/c30-22-12-13-25(24(32)33-16-17-6-8-18(9-7-17)27-15-3-14-26-27)28(19-10-11-19)23(31)20-4-1-2-5-21(20)29(22)25/h1-9,14-15,19H,10-13,16H2. The first kappa shape index (κ1) is 19.7. The highest BCUT2D eigenvalue weighted by atomic mass is 16.5. The van der Waals surface area contributed by atoms with Crippen LogP contribution < -0.4 is 4.90 Å². The minimum absolute atomic E-state index is 0.0519. The van der Waals surface area contributed by atoms with Crippen molar-refractivity contribution in [3.05, 3.63) is 78.1 Å². The van der Waals surface area contributed by atoms with Crippen LogP contribution in [0.2, 0.25) is 0 Å². The molecular formula is C25H22N4O4. The average molecular weight is 442 g/mol. The first-order valence-corrected chi connectivity index (χ1v) is 11.1. The summed E-state index contributed by atoms with van der Waals surface area (Å²) in [4.78, 5) is 43.2. The fourth-order valence-corrected chi connectivity index (χ4v) is 4.94. The zero-order valence-corrected chi connectivity index (χ0v) is 17.9. The van der Waals surface area contributed by atoms with Gasteiger partial charge in [-0.05, 0) is 48.7 Å². The molecule has 8 heteroatoms. The van der Waals surface area contributed by atoms with Crippen LogP contribution in [0.5, 0.6) is 0 Å². The lowest BCUT2D eigenvalue weighted by Gasteiger charge is -2.48. The molecule has 1 unspecified atom stereocenters. The monoisotopic (exact) mass is 442 g/mol. The molecule has 3 aromatic rings. The molecule has 0 spiro atoms. The highest BCUT2D eigenvalue weighted by Crippen LogP contribution is 2.49. The molecule has 2 aromatic carbocycles. The van der Waals surface area contributed by atoms with Gasteiger partial charge in [0.15, 0.2) is 0 Å². The maximum absolute atomic E-state index is 13.6. The van der Waals surface area contributed by atoms with Crippen LogP contribution in [0.4, 0.5) is 5.69 Å². The largest absolute Gasteiger partial charge is 0.458 e. The van der Waals surface area contributed by atoms with Gasteiger partial charge in [-0.2, -0.15) is 5.10 Å². The summed E-state index contributed by atoms with van der Waals surface area (Å²) in [7, 11) is 0. The van der Waals surface area contributed by atoms with Gasteiger partial charge >= 0.3 is 5.97 Å². The number of esters is 1. The summed E-state index contributed by atoms with van der Waals surface area (Å²) >= 11 is 0. The minimum Gasteiger partial charge on any atom is -0.458 e. The number of rotatable bonds is 5. The van der Waals surface area contributed by atoms with Gasteiger partial charge in [0.1, 0.15) is 6.61 Å². The third kappa shape index (κ3) is 2.97. The topological polar surface area (TPSA) is 84.7 Å². The lowest BCUT2D eigenvalue weighted by atomic mass is 9.96. The Hall–Kier alpha value is -3.94. The summed E-state index contributed by atoms with van der Waals surface area (Å²) in [5, 5.41) is 4.21. The van der Waals surface area contributed by atoms with E-state index in [1.54, 1.807) is 40.0 Å². The molecule has 2 fully saturated rings. The van der Waals surface area contributed by atoms with E-state index in [0.29, 0.717) is 11.3 Å². The summed E-state index contributed by atoms with van der Waals surface area (Å²) in [6.45, 7) is 0.0519. The fraction of sp³-hybridized carbons (Fsp3) is 0.280. The van der Waals surface area contributed by atoms with Gasteiger partial charge in [0.2, 0.25) is 11.6 Å². The van der Waals surface area contributed by atoms with E-state index < -0.39 is 11.6 Å².